The second-order valence-corrected chi connectivity index (χ2v) is 13.0. The molecule has 0 saturated carbocycles. The summed E-state index contributed by atoms with van der Waals surface area (Å²) in [6.07, 6.45) is 8.08. The third-order valence-electron chi connectivity index (χ3n) is 9.93. The van der Waals surface area contributed by atoms with E-state index in [1.807, 2.05) is 12.2 Å². The van der Waals surface area contributed by atoms with Gasteiger partial charge in [0.2, 0.25) is 0 Å². The van der Waals surface area contributed by atoms with Gasteiger partial charge in [0.15, 0.2) is 0 Å². The molecule has 1 heterocycles. The van der Waals surface area contributed by atoms with Crippen LogP contribution in [0.2, 0.25) is 0 Å². The van der Waals surface area contributed by atoms with Gasteiger partial charge in [0.25, 0.3) is 0 Å². The molecule has 7 aromatic rings. The summed E-state index contributed by atoms with van der Waals surface area (Å²) in [5.74, 6) is 0. The highest BCUT2D eigenvalue weighted by Gasteiger charge is 2.35. The number of hydrogen-bond acceptors (Lipinski definition) is 1. The Hall–Kier alpha value is -5.86. The van der Waals surface area contributed by atoms with Crippen molar-refractivity contribution in [3.63, 3.8) is 0 Å². The smallest absolute Gasteiger partial charge is 0.0541 e. The Morgan fingerprint density at radius 2 is 1.25 bits per heavy atom. The molecule has 0 N–H and O–H groups in total. The van der Waals surface area contributed by atoms with Gasteiger partial charge in [-0.25, -0.2) is 0 Å². The Bertz CT molecular complexity index is 2380. The molecule has 2 nitrogen and oxygen atoms in total. The quantitative estimate of drug-likeness (QED) is 0.161. The molecular weight excluding hydrogens is 581 g/mol. The first-order valence-electron chi connectivity index (χ1n) is 16.7. The van der Waals surface area contributed by atoms with Gasteiger partial charge in [0.1, 0.15) is 0 Å². The molecule has 0 bridgehead atoms. The lowest BCUT2D eigenvalue weighted by Crippen LogP contribution is -2.16. The fourth-order valence-corrected chi connectivity index (χ4v) is 7.56. The average Bonchev–Trinajstić information content (AvgIpc) is 3.58. The standard InChI is InChI=1S/C46H38N2/c1-5-7-15-34(6-2)48-44-21-14-12-19-40(44)41-30-33(24-29-45(41)48)32-22-25-36(26-23-32)47(35-16-9-8-10-17-35)37-27-28-39-38-18-11-13-20-42(38)46(3,4)43(39)31-37/h5-31H,1H2,2-4H3/b15-7-,34-6+. The summed E-state index contributed by atoms with van der Waals surface area (Å²) < 4.78 is 2.34. The highest BCUT2D eigenvalue weighted by molar-refractivity contribution is 6.11. The predicted octanol–water partition coefficient (Wildman–Crippen LogP) is 12.8. The summed E-state index contributed by atoms with van der Waals surface area (Å²) in [5.41, 5.74) is 14.7. The maximum absolute atomic E-state index is 3.87. The number of anilines is 3. The van der Waals surface area contributed by atoms with E-state index in [9.17, 15) is 0 Å². The van der Waals surface area contributed by atoms with Gasteiger partial charge in [0.05, 0.1) is 11.0 Å². The van der Waals surface area contributed by atoms with Crippen LogP contribution in [0.4, 0.5) is 17.1 Å². The van der Waals surface area contributed by atoms with Gasteiger partial charge in [-0.05, 0) is 101 Å². The molecule has 0 atom stereocenters. The molecule has 2 heteroatoms. The highest BCUT2D eigenvalue weighted by Crippen LogP contribution is 2.50. The fraction of sp³-hybridized carbons (Fsp3) is 0.0870. The first kappa shape index (κ1) is 29.5. The summed E-state index contributed by atoms with van der Waals surface area (Å²) in [6, 6.07) is 51.0. The predicted molar refractivity (Wildman–Crippen MR) is 206 cm³/mol. The number of allylic oxidation sites excluding steroid dienone is 5. The van der Waals surface area contributed by atoms with E-state index in [1.165, 1.54) is 55.2 Å². The van der Waals surface area contributed by atoms with Crippen molar-refractivity contribution >= 4 is 44.6 Å². The minimum Gasteiger partial charge on any atom is -0.310 e. The second-order valence-electron chi connectivity index (χ2n) is 13.0. The Kier molecular flexibility index (Phi) is 7.22. The molecule has 0 amide bonds. The van der Waals surface area contributed by atoms with Crippen LogP contribution < -0.4 is 4.90 Å². The van der Waals surface area contributed by atoms with E-state index < -0.39 is 0 Å². The molecular formula is C46H38N2. The topological polar surface area (TPSA) is 8.17 Å². The van der Waals surface area contributed by atoms with E-state index in [2.05, 4.69) is 188 Å². The molecule has 0 aliphatic heterocycles. The molecule has 0 fully saturated rings. The lowest BCUT2D eigenvalue weighted by molar-refractivity contribution is 0.660. The number of aromatic nitrogens is 1. The van der Waals surface area contributed by atoms with Gasteiger partial charge < -0.3 is 9.47 Å². The first-order chi connectivity index (χ1) is 23.5. The van der Waals surface area contributed by atoms with E-state index in [1.54, 1.807) is 0 Å². The van der Waals surface area contributed by atoms with Crippen LogP contribution in [0.25, 0.3) is 49.8 Å². The lowest BCUT2D eigenvalue weighted by atomic mass is 9.82. The van der Waals surface area contributed by atoms with Crippen molar-refractivity contribution in [3.05, 3.63) is 182 Å². The summed E-state index contributed by atoms with van der Waals surface area (Å²) >= 11 is 0. The van der Waals surface area contributed by atoms with Crippen molar-refractivity contribution in [1.29, 1.82) is 0 Å². The van der Waals surface area contributed by atoms with Crippen LogP contribution in [-0.4, -0.2) is 4.57 Å². The Morgan fingerprint density at radius 3 is 2.04 bits per heavy atom. The van der Waals surface area contributed by atoms with Crippen LogP contribution in [0, 0.1) is 0 Å². The molecule has 232 valence electrons. The van der Waals surface area contributed by atoms with Crippen molar-refractivity contribution in [2.45, 2.75) is 26.2 Å². The van der Waals surface area contributed by atoms with E-state index in [-0.39, 0.29) is 5.41 Å². The van der Waals surface area contributed by atoms with Crippen LogP contribution in [0.15, 0.2) is 170 Å². The van der Waals surface area contributed by atoms with Crippen molar-refractivity contribution in [3.8, 4) is 22.3 Å². The van der Waals surface area contributed by atoms with Gasteiger partial charge in [-0.2, -0.15) is 0 Å². The molecule has 6 aromatic carbocycles. The monoisotopic (exact) mass is 618 g/mol. The van der Waals surface area contributed by atoms with E-state index >= 15 is 0 Å². The SMILES string of the molecule is C=C/C=C\C(=C/C)n1c2ccccc2c2cc(-c3ccc(N(c4ccccc4)c4ccc5c(c4)C(C)(C)c4ccccc4-5)cc3)ccc21. The number of rotatable bonds is 7. The summed E-state index contributed by atoms with van der Waals surface area (Å²) in [4.78, 5) is 2.37. The molecule has 1 aromatic heterocycles. The third kappa shape index (κ3) is 4.72. The minimum atomic E-state index is -0.0639. The molecule has 0 saturated heterocycles. The van der Waals surface area contributed by atoms with Crippen LogP contribution in [-0.2, 0) is 5.41 Å². The third-order valence-corrected chi connectivity index (χ3v) is 9.93. The van der Waals surface area contributed by atoms with Crippen molar-refractivity contribution < 1.29 is 0 Å². The maximum Gasteiger partial charge on any atom is 0.0541 e. The van der Waals surface area contributed by atoms with Gasteiger partial charge in [-0.15, -0.1) is 0 Å². The van der Waals surface area contributed by atoms with Crippen LogP contribution >= 0.6 is 0 Å². The summed E-state index contributed by atoms with van der Waals surface area (Å²) in [7, 11) is 0. The van der Waals surface area contributed by atoms with Crippen molar-refractivity contribution in [2.24, 2.45) is 0 Å². The van der Waals surface area contributed by atoms with Gasteiger partial charge >= 0.3 is 0 Å². The largest absolute Gasteiger partial charge is 0.310 e. The molecule has 0 radical (unpaired) electrons. The molecule has 1 aliphatic carbocycles. The van der Waals surface area contributed by atoms with E-state index in [4.69, 9.17) is 0 Å². The van der Waals surface area contributed by atoms with Crippen LogP contribution in [0.5, 0.6) is 0 Å². The zero-order valence-corrected chi connectivity index (χ0v) is 27.7. The Morgan fingerprint density at radius 1 is 0.604 bits per heavy atom. The molecule has 0 spiro atoms. The van der Waals surface area contributed by atoms with Gasteiger partial charge in [0, 0.05) is 38.9 Å². The van der Waals surface area contributed by atoms with Crippen LogP contribution in [0.3, 0.4) is 0 Å². The Balaban J connectivity index is 1.21. The van der Waals surface area contributed by atoms with E-state index in [0.717, 1.165) is 22.8 Å². The zero-order chi connectivity index (χ0) is 32.8. The van der Waals surface area contributed by atoms with Gasteiger partial charge in [-0.1, -0.05) is 124 Å². The first-order valence-corrected chi connectivity index (χ1v) is 16.7. The average molecular weight is 619 g/mol. The minimum absolute atomic E-state index is 0.0639. The second kappa shape index (κ2) is 11.7. The summed E-state index contributed by atoms with van der Waals surface area (Å²) in [6.45, 7) is 10.6. The number of fused-ring (bicyclic) bond motifs is 6. The van der Waals surface area contributed by atoms with Gasteiger partial charge in [-0.3, -0.25) is 0 Å². The summed E-state index contributed by atoms with van der Waals surface area (Å²) in [5, 5.41) is 2.49. The highest BCUT2D eigenvalue weighted by atomic mass is 15.1. The molecule has 0 unspecified atom stereocenters. The molecule has 1 aliphatic rings. The van der Waals surface area contributed by atoms with Crippen LogP contribution in [0.1, 0.15) is 31.9 Å². The maximum atomic E-state index is 3.87. The zero-order valence-electron chi connectivity index (χ0n) is 27.7. The number of benzene rings is 6. The fourth-order valence-electron chi connectivity index (χ4n) is 7.56. The van der Waals surface area contributed by atoms with Crippen molar-refractivity contribution in [1.82, 2.24) is 4.57 Å². The lowest BCUT2D eigenvalue weighted by Gasteiger charge is -2.28. The molecule has 8 rings (SSSR count). The number of nitrogens with zero attached hydrogens (tertiary/aromatic N) is 2. The van der Waals surface area contributed by atoms with Crippen molar-refractivity contribution in [2.75, 3.05) is 4.90 Å². The Labute approximate surface area is 283 Å². The normalized spacial score (nSPS) is 13.6. The number of para-hydroxylation sites is 2. The molecule has 48 heavy (non-hydrogen) atoms. The van der Waals surface area contributed by atoms with E-state index in [0.29, 0.717) is 0 Å². The number of hydrogen-bond donors (Lipinski definition) is 0.